The highest BCUT2D eigenvalue weighted by atomic mass is 32.1. The predicted octanol–water partition coefficient (Wildman–Crippen LogP) is 4.10. The van der Waals surface area contributed by atoms with E-state index in [4.69, 9.17) is 0 Å². The zero-order valence-corrected chi connectivity index (χ0v) is 15.9. The van der Waals surface area contributed by atoms with Crippen LogP contribution in [0.15, 0.2) is 54.6 Å². The van der Waals surface area contributed by atoms with Gasteiger partial charge in [0, 0.05) is 24.6 Å². The Bertz CT molecular complexity index is 923. The summed E-state index contributed by atoms with van der Waals surface area (Å²) in [5.41, 5.74) is 2.38. The molecule has 1 heterocycles. The molecule has 3 rings (SSSR count). The van der Waals surface area contributed by atoms with Crippen molar-refractivity contribution in [2.75, 3.05) is 10.6 Å². The van der Waals surface area contributed by atoms with Crippen LogP contribution in [0.2, 0.25) is 0 Å². The molecule has 0 aliphatic carbocycles. The standard InChI is InChI=1S/C20H20N4O2S/c1-13(15-6-4-3-5-7-15)12-18-23-24-20(27-18)22-19(26)16-8-10-17(11-9-16)21-14(2)25/h3-11,13H,12H2,1-2H3,(H,21,25)(H,22,24,26). The minimum atomic E-state index is -0.261. The fraction of sp³-hybridized carbons (Fsp3) is 0.200. The molecular formula is C20H20N4O2S. The Morgan fingerprint density at radius 3 is 2.37 bits per heavy atom. The van der Waals surface area contributed by atoms with Crippen molar-refractivity contribution in [2.24, 2.45) is 0 Å². The maximum Gasteiger partial charge on any atom is 0.257 e. The van der Waals surface area contributed by atoms with Gasteiger partial charge in [-0.2, -0.15) is 0 Å². The molecule has 27 heavy (non-hydrogen) atoms. The molecule has 0 fully saturated rings. The van der Waals surface area contributed by atoms with Crippen molar-refractivity contribution >= 4 is 34.0 Å². The van der Waals surface area contributed by atoms with E-state index in [2.05, 4.69) is 39.9 Å². The molecular weight excluding hydrogens is 360 g/mol. The van der Waals surface area contributed by atoms with Gasteiger partial charge < -0.3 is 5.32 Å². The number of rotatable bonds is 6. The Morgan fingerprint density at radius 1 is 1.00 bits per heavy atom. The quantitative estimate of drug-likeness (QED) is 0.674. The number of nitrogens with one attached hydrogen (secondary N) is 2. The van der Waals surface area contributed by atoms with Crippen molar-refractivity contribution in [1.29, 1.82) is 0 Å². The minimum Gasteiger partial charge on any atom is -0.326 e. The average Bonchev–Trinajstić information content (AvgIpc) is 3.09. The number of hydrogen-bond donors (Lipinski definition) is 2. The van der Waals surface area contributed by atoms with E-state index < -0.39 is 0 Å². The second kappa shape index (κ2) is 8.55. The number of carbonyl (C=O) groups is 2. The van der Waals surface area contributed by atoms with Crippen LogP contribution < -0.4 is 10.6 Å². The van der Waals surface area contributed by atoms with E-state index in [1.165, 1.54) is 23.8 Å². The van der Waals surface area contributed by atoms with Gasteiger partial charge in [0.25, 0.3) is 5.91 Å². The van der Waals surface area contributed by atoms with E-state index in [0.29, 0.717) is 22.3 Å². The maximum atomic E-state index is 12.3. The summed E-state index contributed by atoms with van der Waals surface area (Å²) < 4.78 is 0. The van der Waals surface area contributed by atoms with Crippen molar-refractivity contribution in [2.45, 2.75) is 26.2 Å². The van der Waals surface area contributed by atoms with E-state index in [-0.39, 0.29) is 11.8 Å². The maximum absolute atomic E-state index is 12.3. The first-order valence-electron chi connectivity index (χ1n) is 8.57. The Balaban J connectivity index is 1.60. The van der Waals surface area contributed by atoms with Crippen LogP contribution in [0.25, 0.3) is 0 Å². The third kappa shape index (κ3) is 5.21. The smallest absolute Gasteiger partial charge is 0.257 e. The van der Waals surface area contributed by atoms with Gasteiger partial charge in [-0.1, -0.05) is 48.6 Å². The third-order valence-electron chi connectivity index (χ3n) is 4.00. The summed E-state index contributed by atoms with van der Waals surface area (Å²) in [6.45, 7) is 3.58. The monoisotopic (exact) mass is 380 g/mol. The zero-order valence-electron chi connectivity index (χ0n) is 15.1. The van der Waals surface area contributed by atoms with Crippen LogP contribution in [0.4, 0.5) is 10.8 Å². The van der Waals surface area contributed by atoms with Gasteiger partial charge in [0.2, 0.25) is 11.0 Å². The molecule has 2 amide bonds. The van der Waals surface area contributed by atoms with Crippen molar-refractivity contribution in [3.63, 3.8) is 0 Å². The van der Waals surface area contributed by atoms with Crippen LogP contribution in [-0.2, 0) is 11.2 Å². The first-order chi connectivity index (χ1) is 13.0. The highest BCUT2D eigenvalue weighted by Gasteiger charge is 2.13. The number of nitrogens with zero attached hydrogens (tertiary/aromatic N) is 2. The topological polar surface area (TPSA) is 84.0 Å². The first kappa shape index (κ1) is 18.7. The van der Waals surface area contributed by atoms with Crippen molar-refractivity contribution < 1.29 is 9.59 Å². The zero-order chi connectivity index (χ0) is 19.2. The molecule has 0 bridgehead atoms. The van der Waals surface area contributed by atoms with Gasteiger partial charge in [-0.25, -0.2) is 0 Å². The molecule has 0 aliphatic rings. The molecule has 0 saturated carbocycles. The van der Waals surface area contributed by atoms with Crippen molar-refractivity contribution in [1.82, 2.24) is 10.2 Å². The van der Waals surface area contributed by atoms with Gasteiger partial charge >= 0.3 is 0 Å². The molecule has 0 aliphatic heterocycles. The lowest BCUT2D eigenvalue weighted by Gasteiger charge is -2.08. The summed E-state index contributed by atoms with van der Waals surface area (Å²) in [6, 6.07) is 16.9. The Labute approximate surface area is 161 Å². The van der Waals surface area contributed by atoms with Crippen LogP contribution in [0, 0.1) is 0 Å². The van der Waals surface area contributed by atoms with E-state index in [1.807, 2.05) is 18.2 Å². The molecule has 2 aromatic carbocycles. The van der Waals surface area contributed by atoms with E-state index in [9.17, 15) is 9.59 Å². The molecule has 0 spiro atoms. The number of anilines is 2. The summed E-state index contributed by atoms with van der Waals surface area (Å²) in [5.74, 6) is -0.0921. The molecule has 1 atom stereocenters. The lowest BCUT2D eigenvalue weighted by Crippen LogP contribution is -2.12. The number of hydrogen-bond acceptors (Lipinski definition) is 5. The van der Waals surface area contributed by atoms with Gasteiger partial charge in [-0.3, -0.25) is 14.9 Å². The number of amides is 2. The second-order valence-corrected chi connectivity index (χ2v) is 7.29. The minimum absolute atomic E-state index is 0.154. The third-order valence-corrected chi connectivity index (χ3v) is 4.87. The summed E-state index contributed by atoms with van der Waals surface area (Å²) in [4.78, 5) is 23.4. The Kier molecular flexibility index (Phi) is 5.93. The molecule has 138 valence electrons. The van der Waals surface area contributed by atoms with Gasteiger partial charge in [0.05, 0.1) is 0 Å². The summed E-state index contributed by atoms with van der Waals surface area (Å²) >= 11 is 1.38. The van der Waals surface area contributed by atoms with Gasteiger partial charge in [-0.15, -0.1) is 10.2 Å². The van der Waals surface area contributed by atoms with Crippen LogP contribution in [0.1, 0.15) is 40.7 Å². The SMILES string of the molecule is CC(=O)Nc1ccc(C(=O)Nc2nnc(CC(C)c3ccccc3)s2)cc1. The Hall–Kier alpha value is -3.06. The average molecular weight is 380 g/mol. The van der Waals surface area contributed by atoms with Crippen LogP contribution >= 0.6 is 11.3 Å². The predicted molar refractivity (Wildman–Crippen MR) is 107 cm³/mol. The number of aromatic nitrogens is 2. The fourth-order valence-electron chi connectivity index (χ4n) is 2.63. The molecule has 0 saturated heterocycles. The first-order valence-corrected chi connectivity index (χ1v) is 9.39. The molecule has 1 unspecified atom stereocenters. The molecule has 7 heteroatoms. The number of benzene rings is 2. The molecule has 3 aromatic rings. The summed E-state index contributed by atoms with van der Waals surface area (Å²) in [5, 5.41) is 15.0. The lowest BCUT2D eigenvalue weighted by molar-refractivity contribution is -0.114. The normalized spacial score (nSPS) is 11.6. The molecule has 0 radical (unpaired) electrons. The molecule has 2 N–H and O–H groups in total. The van der Waals surface area contributed by atoms with Gasteiger partial charge in [-0.05, 0) is 35.7 Å². The van der Waals surface area contributed by atoms with Crippen LogP contribution in [0.3, 0.4) is 0 Å². The van der Waals surface area contributed by atoms with Crippen LogP contribution in [0.5, 0.6) is 0 Å². The van der Waals surface area contributed by atoms with E-state index in [0.717, 1.165) is 11.4 Å². The second-order valence-electron chi connectivity index (χ2n) is 6.23. The molecule has 1 aromatic heterocycles. The largest absolute Gasteiger partial charge is 0.326 e. The number of carbonyl (C=O) groups excluding carboxylic acids is 2. The van der Waals surface area contributed by atoms with E-state index >= 15 is 0 Å². The van der Waals surface area contributed by atoms with Crippen molar-refractivity contribution in [3.05, 3.63) is 70.7 Å². The summed E-state index contributed by atoms with van der Waals surface area (Å²) in [6.07, 6.45) is 0.767. The highest BCUT2D eigenvalue weighted by molar-refractivity contribution is 7.15. The molecule has 6 nitrogen and oxygen atoms in total. The fourth-order valence-corrected chi connectivity index (χ4v) is 3.49. The highest BCUT2D eigenvalue weighted by Crippen LogP contribution is 2.24. The lowest BCUT2D eigenvalue weighted by atomic mass is 9.98. The van der Waals surface area contributed by atoms with Crippen molar-refractivity contribution in [3.8, 4) is 0 Å². The Morgan fingerprint density at radius 2 is 1.70 bits per heavy atom. The van der Waals surface area contributed by atoms with Crippen LogP contribution in [-0.4, -0.2) is 22.0 Å². The van der Waals surface area contributed by atoms with E-state index in [1.54, 1.807) is 24.3 Å². The van der Waals surface area contributed by atoms with Gasteiger partial charge in [0.15, 0.2) is 0 Å². The summed E-state index contributed by atoms with van der Waals surface area (Å²) in [7, 11) is 0. The van der Waals surface area contributed by atoms with Gasteiger partial charge in [0.1, 0.15) is 5.01 Å².